The van der Waals surface area contributed by atoms with Gasteiger partial charge >= 0.3 is 11.8 Å². The summed E-state index contributed by atoms with van der Waals surface area (Å²) in [5.41, 5.74) is 1.88. The fraction of sp³-hybridized carbons (Fsp3) is 0.615. The molecule has 4 bridgehead atoms. The number of nitrogens with one attached hydrogen (secondary N) is 2. The van der Waals surface area contributed by atoms with Gasteiger partial charge in [0.15, 0.2) is 0 Å². The molecule has 3 aromatic rings. The molecule has 11 nitrogen and oxygen atoms in total. The first kappa shape index (κ1) is 23.1. The first-order valence-corrected chi connectivity index (χ1v) is 13.4. The zero-order chi connectivity index (χ0) is 25.1. The molecular formula is C26H33N7O4. The monoisotopic (exact) mass is 507 g/mol. The number of β-amino-alcohol motifs (C(OH)–C–C–N with tert-alkyl or cyclic N) is 1. The molecule has 196 valence electrons. The second kappa shape index (κ2) is 8.78. The van der Waals surface area contributed by atoms with E-state index in [1.165, 1.54) is 0 Å². The topological polar surface area (TPSA) is 144 Å². The van der Waals surface area contributed by atoms with Crippen LogP contribution in [0.2, 0.25) is 0 Å². The number of aromatic nitrogens is 4. The van der Waals surface area contributed by atoms with Gasteiger partial charge in [-0.25, -0.2) is 4.98 Å². The number of carbonyl (C=O) groups excluding carboxylic acids is 1. The van der Waals surface area contributed by atoms with Crippen LogP contribution in [0, 0.1) is 17.8 Å². The van der Waals surface area contributed by atoms with Crippen LogP contribution < -0.4 is 5.32 Å². The molecule has 4 aliphatic carbocycles. The lowest BCUT2D eigenvalue weighted by molar-refractivity contribution is -0.129. The van der Waals surface area contributed by atoms with Crippen LogP contribution >= 0.6 is 0 Å². The maximum absolute atomic E-state index is 13.1. The van der Waals surface area contributed by atoms with Gasteiger partial charge in [-0.2, -0.15) is 4.98 Å². The molecule has 0 spiro atoms. The van der Waals surface area contributed by atoms with Gasteiger partial charge in [0.2, 0.25) is 5.82 Å². The standard InChI is InChI=1S/C26H33N7O4/c34-8-7-32-3-5-33(6-4-32)25(35)24-30-23(31-37-24)19-14-28-22-18(1-2-27-22)21(19)29-20-16-9-15-10-17(20)13-26(36,11-15)12-16/h1-2,14-17,20,34,36H,3-13H2,(H2,27,28,29)/t15?,16-,17+,20-,26?. The van der Waals surface area contributed by atoms with E-state index in [2.05, 4.69) is 30.3 Å². The van der Waals surface area contributed by atoms with Gasteiger partial charge in [0.1, 0.15) is 5.65 Å². The average molecular weight is 508 g/mol. The third-order valence-electron chi connectivity index (χ3n) is 9.06. The number of rotatable bonds is 6. The molecule has 0 aromatic carbocycles. The number of nitrogens with zero attached hydrogens (tertiary/aromatic N) is 5. The molecule has 2 unspecified atom stereocenters. The van der Waals surface area contributed by atoms with E-state index in [0.29, 0.717) is 61.9 Å². The molecule has 1 aliphatic heterocycles. The predicted molar refractivity (Wildman–Crippen MR) is 135 cm³/mol. The van der Waals surface area contributed by atoms with Crippen LogP contribution in [0.3, 0.4) is 0 Å². The molecule has 4 heterocycles. The molecule has 4 saturated carbocycles. The van der Waals surface area contributed by atoms with E-state index in [1.54, 1.807) is 11.1 Å². The zero-order valence-corrected chi connectivity index (χ0v) is 20.8. The number of hydrogen-bond acceptors (Lipinski definition) is 9. The summed E-state index contributed by atoms with van der Waals surface area (Å²) in [4.78, 5) is 29.2. The van der Waals surface area contributed by atoms with Gasteiger partial charge in [0, 0.05) is 56.5 Å². The summed E-state index contributed by atoms with van der Waals surface area (Å²) < 4.78 is 5.45. The third kappa shape index (κ3) is 4.00. The van der Waals surface area contributed by atoms with E-state index in [-0.39, 0.29) is 24.4 Å². The number of pyridine rings is 1. The highest BCUT2D eigenvalue weighted by Crippen LogP contribution is 2.56. The van der Waals surface area contributed by atoms with Crippen molar-refractivity contribution in [3.63, 3.8) is 0 Å². The minimum absolute atomic E-state index is 0.0254. The van der Waals surface area contributed by atoms with Gasteiger partial charge < -0.3 is 29.9 Å². The Labute approximate surface area is 214 Å². The summed E-state index contributed by atoms with van der Waals surface area (Å²) in [6.45, 7) is 3.24. The van der Waals surface area contributed by atoms with Crippen LogP contribution in [0.1, 0.15) is 42.8 Å². The van der Waals surface area contributed by atoms with E-state index in [9.17, 15) is 9.90 Å². The number of piperazine rings is 1. The Balaban J connectivity index is 1.16. The highest BCUT2D eigenvalue weighted by Gasteiger charge is 2.54. The molecule has 5 aliphatic rings. The number of carbonyl (C=O) groups is 1. The molecule has 11 heteroatoms. The molecule has 4 N–H and O–H groups in total. The number of fused-ring (bicyclic) bond motifs is 1. The van der Waals surface area contributed by atoms with Crippen LogP contribution in [0.5, 0.6) is 0 Å². The lowest BCUT2D eigenvalue weighted by Crippen LogP contribution is -2.59. The first-order chi connectivity index (χ1) is 18.0. The summed E-state index contributed by atoms with van der Waals surface area (Å²) in [6, 6.07) is 2.26. The van der Waals surface area contributed by atoms with Crippen molar-refractivity contribution in [3.05, 3.63) is 24.4 Å². The Bertz CT molecular complexity index is 1300. The molecule has 1 saturated heterocycles. The van der Waals surface area contributed by atoms with E-state index in [1.807, 2.05) is 12.3 Å². The fourth-order valence-corrected chi connectivity index (χ4v) is 7.59. The number of aliphatic hydroxyl groups is 2. The van der Waals surface area contributed by atoms with Crippen LogP contribution in [0.25, 0.3) is 22.4 Å². The van der Waals surface area contributed by atoms with Crippen molar-refractivity contribution in [2.75, 3.05) is 44.6 Å². The van der Waals surface area contributed by atoms with E-state index in [0.717, 1.165) is 48.8 Å². The largest absolute Gasteiger partial charge is 0.395 e. The SMILES string of the molecule is O=C(c1nc(-c2cnc3[nH]ccc3c2N[C@@H]2[C@@H]3CC4C[C@H]2CC(O)(C4)C3)no1)N1CCN(CCO)CC1. The second-order valence-corrected chi connectivity index (χ2v) is 11.4. The Kier molecular flexibility index (Phi) is 5.49. The smallest absolute Gasteiger partial charge is 0.316 e. The number of amides is 1. The van der Waals surface area contributed by atoms with Gasteiger partial charge in [0.25, 0.3) is 0 Å². The maximum Gasteiger partial charge on any atom is 0.316 e. The van der Waals surface area contributed by atoms with Crippen molar-refractivity contribution in [3.8, 4) is 11.4 Å². The molecule has 0 radical (unpaired) electrons. The Hall–Kier alpha value is -3.02. The molecule has 5 fully saturated rings. The van der Waals surface area contributed by atoms with Crippen molar-refractivity contribution in [1.82, 2.24) is 29.9 Å². The van der Waals surface area contributed by atoms with Crippen LogP contribution in [0.4, 0.5) is 5.69 Å². The lowest BCUT2D eigenvalue weighted by atomic mass is 9.52. The number of anilines is 1. The molecule has 37 heavy (non-hydrogen) atoms. The summed E-state index contributed by atoms with van der Waals surface area (Å²) >= 11 is 0. The van der Waals surface area contributed by atoms with Crippen molar-refractivity contribution < 1.29 is 19.5 Å². The summed E-state index contributed by atoms with van der Waals surface area (Å²) in [6.07, 6.45) is 8.55. The second-order valence-electron chi connectivity index (χ2n) is 11.4. The minimum Gasteiger partial charge on any atom is -0.395 e. The van der Waals surface area contributed by atoms with Gasteiger partial charge in [-0.1, -0.05) is 5.16 Å². The number of hydrogen-bond donors (Lipinski definition) is 4. The normalized spacial score (nSPS) is 31.4. The van der Waals surface area contributed by atoms with Gasteiger partial charge in [-0.05, 0) is 55.9 Å². The van der Waals surface area contributed by atoms with Gasteiger partial charge in [0.05, 0.1) is 23.5 Å². The highest BCUT2D eigenvalue weighted by atomic mass is 16.5. The summed E-state index contributed by atoms with van der Waals surface area (Å²) in [5.74, 6) is 1.52. The average Bonchev–Trinajstić information content (AvgIpc) is 3.56. The molecule has 1 amide bonds. The van der Waals surface area contributed by atoms with Crippen molar-refractivity contribution in [2.45, 2.75) is 43.7 Å². The molecule has 3 aromatic heterocycles. The Morgan fingerprint density at radius 2 is 1.97 bits per heavy atom. The van der Waals surface area contributed by atoms with Crippen molar-refractivity contribution in [1.29, 1.82) is 0 Å². The number of H-pyrrole nitrogens is 1. The van der Waals surface area contributed by atoms with Gasteiger partial charge in [-0.3, -0.25) is 9.69 Å². The number of aliphatic hydroxyl groups excluding tert-OH is 1. The molecular weight excluding hydrogens is 474 g/mol. The molecule has 8 rings (SSSR count). The maximum atomic E-state index is 13.1. The summed E-state index contributed by atoms with van der Waals surface area (Å²) in [5, 5.41) is 29.2. The van der Waals surface area contributed by atoms with Crippen molar-refractivity contribution >= 4 is 22.6 Å². The first-order valence-electron chi connectivity index (χ1n) is 13.4. The number of aromatic amines is 1. The van der Waals surface area contributed by atoms with E-state index >= 15 is 0 Å². The fourth-order valence-electron chi connectivity index (χ4n) is 7.59. The third-order valence-corrected chi connectivity index (χ3v) is 9.06. The van der Waals surface area contributed by atoms with E-state index < -0.39 is 5.60 Å². The molecule has 5 atom stereocenters. The van der Waals surface area contributed by atoms with Crippen LogP contribution in [-0.2, 0) is 0 Å². The minimum atomic E-state index is -0.494. The van der Waals surface area contributed by atoms with Gasteiger partial charge in [-0.15, -0.1) is 0 Å². The Morgan fingerprint density at radius 1 is 1.19 bits per heavy atom. The predicted octanol–water partition coefficient (Wildman–Crippen LogP) is 1.71. The van der Waals surface area contributed by atoms with E-state index in [4.69, 9.17) is 9.63 Å². The highest BCUT2D eigenvalue weighted by molar-refractivity contribution is 5.97. The van der Waals surface area contributed by atoms with Crippen LogP contribution in [-0.4, -0.2) is 97.0 Å². The Morgan fingerprint density at radius 3 is 2.70 bits per heavy atom. The lowest BCUT2D eigenvalue weighted by Gasteiger charge is -2.58. The quantitative estimate of drug-likeness (QED) is 0.392. The van der Waals surface area contributed by atoms with Crippen molar-refractivity contribution in [2.24, 2.45) is 17.8 Å². The summed E-state index contributed by atoms with van der Waals surface area (Å²) in [7, 11) is 0. The van der Waals surface area contributed by atoms with Crippen LogP contribution in [0.15, 0.2) is 23.0 Å². The zero-order valence-electron chi connectivity index (χ0n) is 20.8.